The molecule has 7 aromatic carbocycles. The van der Waals surface area contributed by atoms with Crippen molar-refractivity contribution in [2.75, 3.05) is 4.90 Å². The Balaban J connectivity index is 1.05. The molecule has 3 heteroatoms. The Labute approximate surface area is 392 Å². The lowest BCUT2D eigenvalue weighted by Crippen LogP contribution is -2.12. The van der Waals surface area contributed by atoms with Crippen LogP contribution in [-0.2, 0) is 6.42 Å². The molecule has 66 heavy (non-hydrogen) atoms. The summed E-state index contributed by atoms with van der Waals surface area (Å²) in [7, 11) is 0. The summed E-state index contributed by atoms with van der Waals surface area (Å²) in [5.74, 6) is 0. The molecule has 0 spiro atoms. The molecule has 0 amide bonds. The van der Waals surface area contributed by atoms with Crippen LogP contribution in [-0.4, -0.2) is 4.57 Å². The third kappa shape index (κ3) is 6.78. The van der Waals surface area contributed by atoms with E-state index >= 15 is 0 Å². The van der Waals surface area contributed by atoms with Gasteiger partial charge < -0.3 is 9.47 Å². The normalized spacial score (nSPS) is 13.1. The molecule has 2 bridgehead atoms. The van der Waals surface area contributed by atoms with Crippen molar-refractivity contribution >= 4 is 78.8 Å². The molecule has 0 unspecified atom stereocenters. The van der Waals surface area contributed by atoms with Crippen molar-refractivity contribution in [3.05, 3.63) is 234 Å². The molecule has 0 N–H and O–H groups in total. The molecule has 2 nitrogen and oxygen atoms in total. The van der Waals surface area contributed by atoms with Crippen molar-refractivity contribution in [2.45, 2.75) is 33.6 Å². The number of hydrogen-bond acceptors (Lipinski definition) is 2. The van der Waals surface area contributed by atoms with Crippen molar-refractivity contribution < 1.29 is 0 Å². The molecular weight excluding hydrogens is 817 g/mol. The highest BCUT2D eigenvalue weighted by atomic mass is 32.1. The standard InChI is InChI=1S/C63H50N2S/c1-6-17-51-49(8-3)50-35-37-60(63(41(50)5)55-23-14-13-21-52(51)55)64(48-33-27-43(28-34-48)45-30-38-62-57(40-45)54-22-15-16-24-61(54)66-62)47-31-25-42(26-32-47)44-29-36-59-56(39-44)53(18-7-2)58(9-4)65(59)46-19-11-10-12-20-46/h6-15,17-23,25-40H,3-4,16,24H2,1-2,5H3/b17-6-,18-7-. The van der Waals surface area contributed by atoms with E-state index in [0.29, 0.717) is 0 Å². The number of para-hydroxylation sites is 1. The van der Waals surface area contributed by atoms with Gasteiger partial charge in [-0.2, -0.15) is 0 Å². The number of anilines is 3. The molecule has 0 saturated heterocycles. The van der Waals surface area contributed by atoms with Gasteiger partial charge in [-0.1, -0.05) is 141 Å². The van der Waals surface area contributed by atoms with Gasteiger partial charge in [0.2, 0.25) is 0 Å². The molecule has 2 aromatic heterocycles. The monoisotopic (exact) mass is 866 g/mol. The van der Waals surface area contributed by atoms with E-state index in [4.69, 9.17) is 0 Å². The lowest BCUT2D eigenvalue weighted by atomic mass is 9.91. The van der Waals surface area contributed by atoms with Gasteiger partial charge in [-0.3, -0.25) is 0 Å². The number of benzene rings is 7. The Morgan fingerprint density at radius 2 is 1.26 bits per heavy atom. The van der Waals surface area contributed by atoms with Crippen molar-refractivity contribution in [1.29, 1.82) is 0 Å². The van der Waals surface area contributed by atoms with E-state index in [0.717, 1.165) is 63.5 Å². The second-order valence-corrected chi connectivity index (χ2v) is 18.3. The Morgan fingerprint density at radius 3 is 1.94 bits per heavy atom. The summed E-state index contributed by atoms with van der Waals surface area (Å²) < 4.78 is 3.68. The smallest absolute Gasteiger partial charge is 0.0543 e. The van der Waals surface area contributed by atoms with Gasteiger partial charge in [0.25, 0.3) is 0 Å². The van der Waals surface area contributed by atoms with Crippen LogP contribution in [0.4, 0.5) is 17.1 Å². The zero-order valence-electron chi connectivity index (χ0n) is 37.7. The summed E-state index contributed by atoms with van der Waals surface area (Å²) in [5, 5.41) is 2.55. The number of allylic oxidation sites excluding steroid dienone is 7. The minimum absolute atomic E-state index is 1.08. The van der Waals surface area contributed by atoms with Crippen molar-refractivity contribution in [3.63, 3.8) is 0 Å². The third-order valence-electron chi connectivity index (χ3n) is 13.4. The first-order valence-corrected chi connectivity index (χ1v) is 23.8. The molecule has 9 aromatic rings. The fourth-order valence-electron chi connectivity index (χ4n) is 10.4. The van der Waals surface area contributed by atoms with Gasteiger partial charge in [-0.15, -0.1) is 11.3 Å². The molecule has 0 atom stereocenters. The maximum absolute atomic E-state index is 4.32. The largest absolute Gasteiger partial charge is 0.310 e. The fraction of sp³-hybridized carbons (Fsp3) is 0.0794. The number of hydrogen-bond donors (Lipinski definition) is 0. The van der Waals surface area contributed by atoms with Crippen LogP contribution in [0, 0.1) is 6.92 Å². The van der Waals surface area contributed by atoms with E-state index in [-0.39, 0.29) is 0 Å². The van der Waals surface area contributed by atoms with E-state index in [2.05, 4.69) is 232 Å². The van der Waals surface area contributed by atoms with E-state index in [9.17, 15) is 0 Å². The number of thiophene rings is 1. The number of nitrogens with zero attached hydrogens (tertiary/aromatic N) is 2. The topological polar surface area (TPSA) is 8.17 Å². The highest BCUT2D eigenvalue weighted by molar-refractivity contribution is 7.19. The Kier molecular flexibility index (Phi) is 10.6. The Morgan fingerprint density at radius 1 is 0.606 bits per heavy atom. The minimum atomic E-state index is 1.08. The third-order valence-corrected chi connectivity index (χ3v) is 14.7. The van der Waals surface area contributed by atoms with E-state index < -0.39 is 0 Å². The molecule has 0 radical (unpaired) electrons. The van der Waals surface area contributed by atoms with Crippen LogP contribution < -0.4 is 4.90 Å². The lowest BCUT2D eigenvalue weighted by Gasteiger charge is -2.30. The number of fused-ring (bicyclic) bond motifs is 8. The second-order valence-electron chi connectivity index (χ2n) is 17.1. The molecule has 0 aliphatic heterocycles. The SMILES string of the molecule is C=CC1=C(/C=C\C)c2ccccc2-c2c(N(c3ccc(-c4ccc5sc6c(c5c4)C=CCC6)cc3)c3ccc(-c4ccc5c(c4)c(/C=C\C)c(C=C)n5-c4ccccc4)cc3)ccc1c2C. The second kappa shape index (κ2) is 17.0. The van der Waals surface area contributed by atoms with Crippen LogP contribution in [0.25, 0.3) is 89.4 Å². The highest BCUT2D eigenvalue weighted by Gasteiger charge is 2.27. The average Bonchev–Trinajstić information content (AvgIpc) is 3.88. The van der Waals surface area contributed by atoms with Gasteiger partial charge in [-0.25, -0.2) is 0 Å². The summed E-state index contributed by atoms with van der Waals surface area (Å²) in [6, 6.07) is 56.1. The molecule has 2 aliphatic carbocycles. The Bertz CT molecular complexity index is 3510. The van der Waals surface area contributed by atoms with Crippen molar-refractivity contribution in [2.24, 2.45) is 0 Å². The Hall–Kier alpha value is -7.72. The quantitative estimate of drug-likeness (QED) is 0.133. The van der Waals surface area contributed by atoms with Crippen LogP contribution in [0.5, 0.6) is 0 Å². The van der Waals surface area contributed by atoms with E-state index in [1.807, 2.05) is 23.5 Å². The van der Waals surface area contributed by atoms with Crippen LogP contribution in [0.1, 0.15) is 58.7 Å². The molecule has 0 fully saturated rings. The van der Waals surface area contributed by atoms with Gasteiger partial charge in [0.05, 0.1) is 16.9 Å². The molecule has 2 aliphatic rings. The first-order chi connectivity index (χ1) is 32.5. The number of aryl methyl sites for hydroxylation is 1. The summed E-state index contributed by atoms with van der Waals surface area (Å²) in [6.45, 7) is 15.0. The lowest BCUT2D eigenvalue weighted by molar-refractivity contribution is 1.02. The first kappa shape index (κ1) is 41.0. The maximum Gasteiger partial charge on any atom is 0.0543 e. The summed E-state index contributed by atoms with van der Waals surface area (Å²) >= 11 is 1.94. The summed E-state index contributed by atoms with van der Waals surface area (Å²) in [6.07, 6.45) is 19.6. The van der Waals surface area contributed by atoms with Crippen molar-refractivity contribution in [3.8, 4) is 39.1 Å². The van der Waals surface area contributed by atoms with Gasteiger partial charge >= 0.3 is 0 Å². The maximum atomic E-state index is 4.32. The summed E-state index contributed by atoms with van der Waals surface area (Å²) in [5.41, 5.74) is 22.4. The molecular formula is C63H50N2S. The van der Waals surface area contributed by atoms with Crippen LogP contribution in [0.15, 0.2) is 195 Å². The zero-order valence-corrected chi connectivity index (χ0v) is 38.5. The van der Waals surface area contributed by atoms with Crippen LogP contribution >= 0.6 is 11.3 Å². The van der Waals surface area contributed by atoms with E-state index in [1.54, 1.807) is 0 Å². The van der Waals surface area contributed by atoms with Crippen molar-refractivity contribution in [1.82, 2.24) is 4.57 Å². The molecule has 318 valence electrons. The fourth-order valence-corrected chi connectivity index (χ4v) is 11.6. The highest BCUT2D eigenvalue weighted by Crippen LogP contribution is 2.50. The molecule has 11 rings (SSSR count). The number of aromatic nitrogens is 1. The first-order valence-electron chi connectivity index (χ1n) is 22.9. The van der Waals surface area contributed by atoms with Gasteiger partial charge in [0, 0.05) is 48.5 Å². The van der Waals surface area contributed by atoms with Crippen LogP contribution in [0.3, 0.4) is 0 Å². The molecule has 2 heterocycles. The zero-order chi connectivity index (χ0) is 44.9. The van der Waals surface area contributed by atoms with Gasteiger partial charge in [0.1, 0.15) is 0 Å². The average molecular weight is 867 g/mol. The van der Waals surface area contributed by atoms with Gasteiger partial charge in [-0.05, 0) is 168 Å². The van der Waals surface area contributed by atoms with E-state index in [1.165, 1.54) is 76.0 Å². The van der Waals surface area contributed by atoms with Gasteiger partial charge in [0.15, 0.2) is 0 Å². The minimum Gasteiger partial charge on any atom is -0.310 e. The predicted molar refractivity (Wildman–Crippen MR) is 288 cm³/mol. The summed E-state index contributed by atoms with van der Waals surface area (Å²) in [4.78, 5) is 3.94. The molecule has 0 saturated carbocycles. The number of rotatable bonds is 10. The van der Waals surface area contributed by atoms with Crippen LogP contribution in [0.2, 0.25) is 0 Å². The predicted octanol–water partition coefficient (Wildman–Crippen LogP) is 18.2.